The lowest BCUT2D eigenvalue weighted by Gasteiger charge is -2.38. The van der Waals surface area contributed by atoms with Crippen LogP contribution in [0.3, 0.4) is 0 Å². The van der Waals surface area contributed by atoms with E-state index < -0.39 is 28.7 Å². The summed E-state index contributed by atoms with van der Waals surface area (Å²) in [6, 6.07) is 11.4. The van der Waals surface area contributed by atoms with Gasteiger partial charge in [-0.25, -0.2) is 0 Å². The molecule has 4 aliphatic rings. The number of halogens is 1. The third-order valence-electron chi connectivity index (χ3n) is 9.09. The number of fused-ring (bicyclic) bond motifs is 2. The fraction of sp³-hybridized carbons (Fsp3) is 0.424. The maximum absolute atomic E-state index is 14.7. The van der Waals surface area contributed by atoms with Crippen LogP contribution in [0.25, 0.3) is 0 Å². The molecule has 2 aromatic carbocycles. The van der Waals surface area contributed by atoms with Crippen LogP contribution in [0.5, 0.6) is 5.75 Å². The maximum Gasteiger partial charge on any atom is 0.251 e. The second-order valence-electron chi connectivity index (χ2n) is 11.4. The number of rotatable bonds is 7. The molecule has 10 heteroatoms. The van der Waals surface area contributed by atoms with Crippen molar-refractivity contribution in [2.24, 2.45) is 11.8 Å². The second kappa shape index (κ2) is 11.7. The number of benzene rings is 2. The molecule has 226 valence electrons. The van der Waals surface area contributed by atoms with Crippen LogP contribution in [0.1, 0.15) is 25.8 Å². The molecule has 2 aromatic rings. The van der Waals surface area contributed by atoms with Gasteiger partial charge in [0.1, 0.15) is 11.8 Å². The Morgan fingerprint density at radius 1 is 1.02 bits per heavy atom. The summed E-state index contributed by atoms with van der Waals surface area (Å²) in [5.41, 5.74) is 2.18. The normalized spacial score (nSPS) is 28.9. The Hall–Kier alpha value is -3.27. The number of amides is 3. The van der Waals surface area contributed by atoms with E-state index in [0.29, 0.717) is 30.3 Å². The summed E-state index contributed by atoms with van der Waals surface area (Å²) < 4.78 is 4.60. The standard InChI is InChI=1S/C33H36ClN3O5S/c1-4-21(19-38)37-29-32(41)36(28-20(3)9-6-10-24(28)34)18-8-16-33(29)27(31(37)40)26-25(43-33)11-7-17-35(30(26)39)22-12-14-23(15-13-22)42-5-2/h6-16,21,25-27,29,38H,4-5,17-19H2,1-3H3/t21-,25-,26+,27-,29?,33-/m0/s1. The monoisotopic (exact) mass is 621 g/mol. The number of nitrogens with zero attached hydrogens (tertiary/aromatic N) is 3. The zero-order valence-corrected chi connectivity index (χ0v) is 26.1. The number of carbonyl (C=O) groups is 3. The van der Waals surface area contributed by atoms with Crippen LogP contribution in [-0.2, 0) is 14.4 Å². The van der Waals surface area contributed by atoms with E-state index in [-0.39, 0.29) is 36.1 Å². The lowest BCUT2D eigenvalue weighted by molar-refractivity contribution is -0.141. The molecule has 1 spiro atoms. The van der Waals surface area contributed by atoms with Gasteiger partial charge in [0.2, 0.25) is 11.8 Å². The van der Waals surface area contributed by atoms with Gasteiger partial charge in [-0.1, -0.05) is 55.0 Å². The molecule has 0 radical (unpaired) electrons. The number of thioether (sulfide) groups is 1. The number of hydrogen-bond donors (Lipinski definition) is 1. The Morgan fingerprint density at radius 3 is 2.44 bits per heavy atom. The van der Waals surface area contributed by atoms with Crippen molar-refractivity contribution in [2.75, 3.05) is 36.1 Å². The maximum atomic E-state index is 14.7. The minimum Gasteiger partial charge on any atom is -0.494 e. The molecule has 6 atom stereocenters. The Labute approximate surface area is 261 Å². The van der Waals surface area contributed by atoms with Gasteiger partial charge in [0.25, 0.3) is 5.91 Å². The highest BCUT2D eigenvalue weighted by atomic mass is 35.5. The van der Waals surface area contributed by atoms with E-state index in [9.17, 15) is 19.5 Å². The number of aliphatic hydroxyl groups is 1. The average Bonchev–Trinajstić information content (AvgIpc) is 3.31. The van der Waals surface area contributed by atoms with E-state index in [1.165, 1.54) is 11.8 Å². The van der Waals surface area contributed by atoms with Gasteiger partial charge >= 0.3 is 0 Å². The number of carbonyl (C=O) groups excluding carboxylic acids is 3. The molecule has 1 N–H and O–H groups in total. The first-order chi connectivity index (χ1) is 20.8. The molecule has 1 unspecified atom stereocenters. The minimum atomic E-state index is -0.988. The summed E-state index contributed by atoms with van der Waals surface area (Å²) in [4.78, 5) is 48.7. The fourth-order valence-electron chi connectivity index (χ4n) is 7.17. The van der Waals surface area contributed by atoms with Crippen molar-refractivity contribution in [3.8, 4) is 5.75 Å². The molecule has 0 bridgehead atoms. The number of para-hydroxylation sites is 1. The molecule has 2 fully saturated rings. The molecule has 4 heterocycles. The van der Waals surface area contributed by atoms with Crippen molar-refractivity contribution in [1.29, 1.82) is 0 Å². The summed E-state index contributed by atoms with van der Waals surface area (Å²) in [5.74, 6) is -1.41. The average molecular weight is 622 g/mol. The highest BCUT2D eigenvalue weighted by molar-refractivity contribution is 8.02. The third kappa shape index (κ3) is 4.67. The van der Waals surface area contributed by atoms with Crippen LogP contribution in [0.15, 0.2) is 66.8 Å². The molecule has 4 aliphatic heterocycles. The first-order valence-corrected chi connectivity index (χ1v) is 16.1. The Morgan fingerprint density at radius 2 is 1.77 bits per heavy atom. The predicted molar refractivity (Wildman–Crippen MR) is 170 cm³/mol. The smallest absolute Gasteiger partial charge is 0.251 e. The molecule has 43 heavy (non-hydrogen) atoms. The SMILES string of the molecule is CCOc1ccc(N2CC=C[C@@H]3S[C@]45C=CCN(c6c(C)cccc6Cl)C(=O)C4N([C@@H](CC)CO)C(=O)[C@@H]5[C@@H]3C2=O)cc1. The van der Waals surface area contributed by atoms with E-state index in [0.717, 1.165) is 17.0 Å². The van der Waals surface area contributed by atoms with Gasteiger partial charge < -0.3 is 24.5 Å². The van der Waals surface area contributed by atoms with Crippen LogP contribution in [0, 0.1) is 18.8 Å². The van der Waals surface area contributed by atoms with Gasteiger partial charge in [0.05, 0.1) is 46.5 Å². The Bertz CT molecular complexity index is 1470. The van der Waals surface area contributed by atoms with Crippen LogP contribution < -0.4 is 14.5 Å². The van der Waals surface area contributed by atoms with Gasteiger partial charge in [0.15, 0.2) is 0 Å². The van der Waals surface area contributed by atoms with Crippen molar-refractivity contribution in [3.63, 3.8) is 0 Å². The first kappa shape index (κ1) is 29.8. The van der Waals surface area contributed by atoms with E-state index in [4.69, 9.17) is 16.3 Å². The number of anilines is 2. The molecular weight excluding hydrogens is 586 g/mol. The molecule has 2 saturated heterocycles. The number of likely N-dealkylation sites (tertiary alicyclic amines) is 1. The van der Waals surface area contributed by atoms with Crippen molar-refractivity contribution < 1.29 is 24.2 Å². The second-order valence-corrected chi connectivity index (χ2v) is 13.3. The molecule has 0 saturated carbocycles. The van der Waals surface area contributed by atoms with E-state index in [1.54, 1.807) is 20.8 Å². The lowest BCUT2D eigenvalue weighted by Crippen LogP contribution is -2.56. The number of aliphatic hydroxyl groups excluding tert-OH is 1. The van der Waals surface area contributed by atoms with Crippen LogP contribution >= 0.6 is 23.4 Å². The number of ether oxygens (including phenoxy) is 1. The van der Waals surface area contributed by atoms with Gasteiger partial charge in [-0.15, -0.1) is 11.8 Å². The predicted octanol–water partition coefficient (Wildman–Crippen LogP) is 4.62. The summed E-state index contributed by atoms with van der Waals surface area (Å²) in [5, 5.41) is 10.6. The highest BCUT2D eigenvalue weighted by Crippen LogP contribution is 2.61. The summed E-state index contributed by atoms with van der Waals surface area (Å²) >= 11 is 8.17. The van der Waals surface area contributed by atoms with Crippen molar-refractivity contribution in [3.05, 3.63) is 77.4 Å². The van der Waals surface area contributed by atoms with E-state index in [1.807, 2.05) is 81.5 Å². The van der Waals surface area contributed by atoms with Gasteiger partial charge in [-0.3, -0.25) is 14.4 Å². The van der Waals surface area contributed by atoms with Gasteiger partial charge in [0, 0.05) is 24.0 Å². The fourth-order valence-corrected chi connectivity index (χ4v) is 9.49. The minimum absolute atomic E-state index is 0.150. The summed E-state index contributed by atoms with van der Waals surface area (Å²) in [6.07, 6.45) is 8.38. The topological polar surface area (TPSA) is 90.4 Å². The molecule has 0 aliphatic carbocycles. The first-order valence-electron chi connectivity index (χ1n) is 14.8. The zero-order chi connectivity index (χ0) is 30.5. The number of aryl methyl sites for hydroxylation is 1. The quantitative estimate of drug-likeness (QED) is 0.454. The third-order valence-corrected chi connectivity index (χ3v) is 11.1. The van der Waals surface area contributed by atoms with Gasteiger partial charge in [-0.2, -0.15) is 0 Å². The highest BCUT2D eigenvalue weighted by Gasteiger charge is 2.71. The van der Waals surface area contributed by atoms with Crippen LogP contribution in [-0.4, -0.2) is 76.1 Å². The van der Waals surface area contributed by atoms with Crippen molar-refractivity contribution in [2.45, 2.75) is 49.3 Å². The zero-order valence-electron chi connectivity index (χ0n) is 24.5. The van der Waals surface area contributed by atoms with Crippen molar-refractivity contribution in [1.82, 2.24) is 4.90 Å². The summed E-state index contributed by atoms with van der Waals surface area (Å²) in [6.45, 7) is 6.64. The lowest BCUT2D eigenvalue weighted by atomic mass is 9.78. The van der Waals surface area contributed by atoms with Crippen LogP contribution in [0.2, 0.25) is 5.02 Å². The molecule has 3 amide bonds. The van der Waals surface area contributed by atoms with E-state index in [2.05, 4.69) is 0 Å². The van der Waals surface area contributed by atoms with E-state index >= 15 is 0 Å². The molecule has 6 rings (SSSR count). The summed E-state index contributed by atoms with van der Waals surface area (Å²) in [7, 11) is 0. The number of hydrogen-bond acceptors (Lipinski definition) is 6. The van der Waals surface area contributed by atoms with Crippen molar-refractivity contribution >= 4 is 52.5 Å². The Kier molecular flexibility index (Phi) is 8.08. The van der Waals surface area contributed by atoms with Gasteiger partial charge in [-0.05, 0) is 56.2 Å². The molecule has 8 nitrogen and oxygen atoms in total. The van der Waals surface area contributed by atoms with Crippen LogP contribution in [0.4, 0.5) is 11.4 Å². The molecule has 0 aromatic heterocycles. The molecular formula is C33H36ClN3O5S. The largest absolute Gasteiger partial charge is 0.494 e. The Balaban J connectivity index is 1.44.